The molecule has 1 heterocycles. The summed E-state index contributed by atoms with van der Waals surface area (Å²) in [6.45, 7) is 0. The van der Waals surface area contributed by atoms with Crippen molar-refractivity contribution in [2.45, 2.75) is 62.8 Å². The Hall–Kier alpha value is -1.32. The van der Waals surface area contributed by atoms with Gasteiger partial charge in [-0.25, -0.2) is 0 Å². The van der Waals surface area contributed by atoms with E-state index in [-0.39, 0.29) is 11.3 Å². The minimum absolute atomic E-state index is 0.0634. The van der Waals surface area contributed by atoms with Gasteiger partial charge in [0.25, 0.3) is 5.91 Å². The number of rotatable bonds is 3. The van der Waals surface area contributed by atoms with E-state index in [0.29, 0.717) is 6.04 Å². The predicted molar refractivity (Wildman–Crippen MR) is 83.5 cm³/mol. The Balaban J connectivity index is 1.46. The largest absolute Gasteiger partial charge is 0.348 e. The molecule has 5 saturated carbocycles. The summed E-state index contributed by atoms with van der Waals surface area (Å²) >= 11 is 0. The van der Waals surface area contributed by atoms with Crippen LogP contribution < -0.4 is 5.32 Å². The molecule has 6 rings (SSSR count). The Kier molecular flexibility index (Phi) is 2.61. The molecule has 1 amide bonds. The maximum Gasteiger partial charge on any atom is 0.269 e. The monoisotopic (exact) mass is 299 g/mol. The SMILES string of the molecule is Cn1nc(C23CC4CC(CC(C4)C2)C3)cc1C(=O)NC1CC1. The van der Waals surface area contributed by atoms with E-state index < -0.39 is 0 Å². The van der Waals surface area contributed by atoms with Crippen LogP contribution in [0.25, 0.3) is 0 Å². The molecule has 5 fully saturated rings. The highest BCUT2D eigenvalue weighted by Crippen LogP contribution is 2.60. The maximum absolute atomic E-state index is 12.4. The first-order valence-corrected chi connectivity index (χ1v) is 8.97. The molecule has 0 radical (unpaired) electrons. The van der Waals surface area contributed by atoms with Crippen LogP contribution in [0.5, 0.6) is 0 Å². The molecule has 1 N–H and O–H groups in total. The number of amides is 1. The Morgan fingerprint density at radius 1 is 1.18 bits per heavy atom. The van der Waals surface area contributed by atoms with Gasteiger partial charge in [-0.2, -0.15) is 5.10 Å². The summed E-state index contributed by atoms with van der Waals surface area (Å²) in [5.74, 6) is 2.81. The summed E-state index contributed by atoms with van der Waals surface area (Å²) in [6.07, 6.45) is 10.5. The van der Waals surface area contributed by atoms with E-state index in [9.17, 15) is 4.79 Å². The third-order valence-corrected chi connectivity index (χ3v) is 6.61. The summed E-state index contributed by atoms with van der Waals surface area (Å²) in [6, 6.07) is 2.51. The molecule has 118 valence electrons. The molecule has 0 atom stereocenters. The van der Waals surface area contributed by atoms with Gasteiger partial charge in [0, 0.05) is 18.5 Å². The first kappa shape index (κ1) is 13.1. The van der Waals surface area contributed by atoms with Gasteiger partial charge in [0.2, 0.25) is 0 Å². The lowest BCUT2D eigenvalue weighted by Crippen LogP contribution is -2.48. The van der Waals surface area contributed by atoms with E-state index in [1.807, 2.05) is 11.7 Å². The topological polar surface area (TPSA) is 46.9 Å². The number of carbonyl (C=O) groups excluding carboxylic acids is 1. The van der Waals surface area contributed by atoms with Gasteiger partial charge >= 0.3 is 0 Å². The number of nitrogens with one attached hydrogen (secondary N) is 1. The smallest absolute Gasteiger partial charge is 0.269 e. The lowest BCUT2D eigenvalue weighted by molar-refractivity contribution is -0.00742. The highest BCUT2D eigenvalue weighted by Gasteiger charge is 2.52. The summed E-state index contributed by atoms with van der Waals surface area (Å²) in [5.41, 5.74) is 2.23. The van der Waals surface area contributed by atoms with Crippen molar-refractivity contribution in [2.24, 2.45) is 24.8 Å². The lowest BCUT2D eigenvalue weighted by atomic mass is 9.49. The average molecular weight is 299 g/mol. The van der Waals surface area contributed by atoms with Crippen LogP contribution in [0, 0.1) is 17.8 Å². The van der Waals surface area contributed by atoms with Crippen molar-refractivity contribution in [3.05, 3.63) is 17.5 Å². The van der Waals surface area contributed by atoms with Crippen molar-refractivity contribution in [1.82, 2.24) is 15.1 Å². The second-order valence-corrected chi connectivity index (χ2v) is 8.48. The van der Waals surface area contributed by atoms with Gasteiger partial charge < -0.3 is 5.32 Å². The molecule has 1 aromatic rings. The van der Waals surface area contributed by atoms with E-state index >= 15 is 0 Å². The summed E-state index contributed by atoms with van der Waals surface area (Å²) < 4.78 is 1.81. The van der Waals surface area contributed by atoms with E-state index in [1.165, 1.54) is 44.2 Å². The zero-order valence-electron chi connectivity index (χ0n) is 13.3. The Morgan fingerprint density at radius 3 is 2.32 bits per heavy atom. The van der Waals surface area contributed by atoms with E-state index in [2.05, 4.69) is 11.4 Å². The highest BCUT2D eigenvalue weighted by atomic mass is 16.2. The van der Waals surface area contributed by atoms with Gasteiger partial charge in [-0.3, -0.25) is 9.48 Å². The molecule has 0 aliphatic heterocycles. The summed E-state index contributed by atoms with van der Waals surface area (Å²) in [7, 11) is 1.92. The molecule has 5 aliphatic rings. The standard InChI is InChI=1S/C18H25N3O/c1-21-15(17(22)19-14-2-3-14)7-16(20-21)18-8-11-4-12(9-18)6-13(5-11)10-18/h7,11-14H,2-6,8-10H2,1H3,(H,19,22). The first-order valence-electron chi connectivity index (χ1n) is 8.97. The Bertz CT molecular complexity index is 593. The van der Waals surface area contributed by atoms with E-state index in [4.69, 9.17) is 5.10 Å². The third kappa shape index (κ3) is 1.95. The molecular formula is C18H25N3O. The van der Waals surface area contributed by atoms with Crippen LogP contribution in [0.1, 0.15) is 67.5 Å². The zero-order valence-corrected chi connectivity index (χ0v) is 13.3. The lowest BCUT2D eigenvalue weighted by Gasteiger charge is -2.56. The number of hydrogen-bond acceptors (Lipinski definition) is 2. The number of carbonyl (C=O) groups is 1. The van der Waals surface area contributed by atoms with Gasteiger partial charge in [-0.15, -0.1) is 0 Å². The van der Waals surface area contributed by atoms with Gasteiger partial charge in [0.15, 0.2) is 0 Å². The van der Waals surface area contributed by atoms with Crippen molar-refractivity contribution in [3.8, 4) is 0 Å². The minimum Gasteiger partial charge on any atom is -0.348 e. The van der Waals surface area contributed by atoms with E-state index in [0.717, 1.165) is 36.3 Å². The Morgan fingerprint density at radius 2 is 1.77 bits per heavy atom. The van der Waals surface area contributed by atoms with Gasteiger partial charge in [0.1, 0.15) is 5.69 Å². The van der Waals surface area contributed by atoms with Crippen LogP contribution in [0.3, 0.4) is 0 Å². The molecular weight excluding hydrogens is 274 g/mol. The van der Waals surface area contributed by atoms with Crippen LogP contribution in [-0.4, -0.2) is 21.7 Å². The van der Waals surface area contributed by atoms with Crippen molar-refractivity contribution < 1.29 is 4.79 Å². The third-order valence-electron chi connectivity index (χ3n) is 6.61. The van der Waals surface area contributed by atoms with Crippen molar-refractivity contribution in [3.63, 3.8) is 0 Å². The van der Waals surface area contributed by atoms with Crippen LogP contribution in [0.15, 0.2) is 6.07 Å². The van der Waals surface area contributed by atoms with Crippen molar-refractivity contribution in [2.75, 3.05) is 0 Å². The molecule has 1 aromatic heterocycles. The fourth-order valence-electron chi connectivity index (χ4n) is 5.85. The van der Waals surface area contributed by atoms with Crippen LogP contribution in [0.4, 0.5) is 0 Å². The Labute approximate surface area is 131 Å². The maximum atomic E-state index is 12.4. The van der Waals surface area contributed by atoms with E-state index in [1.54, 1.807) is 0 Å². The molecule has 0 aromatic carbocycles. The molecule has 0 unspecified atom stereocenters. The molecule has 0 spiro atoms. The normalized spacial score (nSPS) is 39.2. The molecule has 5 aliphatic carbocycles. The highest BCUT2D eigenvalue weighted by molar-refractivity contribution is 5.93. The minimum atomic E-state index is 0.0634. The molecule has 4 heteroatoms. The molecule has 0 saturated heterocycles. The number of nitrogens with zero attached hydrogens (tertiary/aromatic N) is 2. The number of hydrogen-bond donors (Lipinski definition) is 1. The fraction of sp³-hybridized carbons (Fsp3) is 0.778. The van der Waals surface area contributed by atoms with Crippen LogP contribution in [-0.2, 0) is 12.5 Å². The fourth-order valence-corrected chi connectivity index (χ4v) is 5.85. The summed E-state index contributed by atoms with van der Waals surface area (Å²) in [5, 5.41) is 7.90. The van der Waals surface area contributed by atoms with Crippen LogP contribution >= 0.6 is 0 Å². The van der Waals surface area contributed by atoms with Crippen molar-refractivity contribution >= 4 is 5.91 Å². The van der Waals surface area contributed by atoms with Gasteiger partial charge in [-0.1, -0.05) is 0 Å². The number of aryl methyl sites for hydroxylation is 1. The molecule has 4 bridgehead atoms. The van der Waals surface area contributed by atoms with Gasteiger partial charge in [0.05, 0.1) is 5.69 Å². The number of aromatic nitrogens is 2. The summed E-state index contributed by atoms with van der Waals surface area (Å²) in [4.78, 5) is 12.4. The van der Waals surface area contributed by atoms with Crippen LogP contribution in [0.2, 0.25) is 0 Å². The second kappa shape index (κ2) is 4.36. The predicted octanol–water partition coefficient (Wildman–Crippen LogP) is 2.78. The quantitative estimate of drug-likeness (QED) is 0.933. The molecule has 22 heavy (non-hydrogen) atoms. The molecule has 4 nitrogen and oxygen atoms in total. The second-order valence-electron chi connectivity index (χ2n) is 8.48. The van der Waals surface area contributed by atoms with Gasteiger partial charge in [-0.05, 0) is 75.2 Å². The van der Waals surface area contributed by atoms with Crippen molar-refractivity contribution in [1.29, 1.82) is 0 Å². The zero-order chi connectivity index (χ0) is 14.9. The first-order chi connectivity index (χ1) is 10.6. The average Bonchev–Trinajstić information content (AvgIpc) is 3.16.